The van der Waals surface area contributed by atoms with Crippen molar-refractivity contribution in [3.8, 4) is 5.75 Å². The summed E-state index contributed by atoms with van der Waals surface area (Å²) in [6.07, 6.45) is 1.77. The lowest BCUT2D eigenvalue weighted by Crippen LogP contribution is -2.27. The molecule has 2 atom stereocenters. The summed E-state index contributed by atoms with van der Waals surface area (Å²) in [6.45, 7) is 2.97. The summed E-state index contributed by atoms with van der Waals surface area (Å²) in [5.74, 6) is 1.49. The van der Waals surface area contributed by atoms with Crippen LogP contribution in [0, 0.1) is 11.8 Å². The average Bonchev–Trinajstić information content (AvgIpc) is 2.92. The first-order chi connectivity index (χ1) is 11.6. The zero-order chi connectivity index (χ0) is 17.1. The zero-order valence-corrected chi connectivity index (χ0v) is 15.6. The standard InChI is InChI=1S/C20H22BrNO2/c1-3-15-13-22(17-9-7-16(21)8-10-17)20(23)19(15)12-14-5-4-6-18(11-14)24-2/h4-11,15,19H,3,12-13H2,1-2H3. The van der Waals surface area contributed by atoms with E-state index in [4.69, 9.17) is 4.74 Å². The summed E-state index contributed by atoms with van der Waals surface area (Å²) in [6, 6.07) is 16.0. The largest absolute Gasteiger partial charge is 0.497 e. The predicted octanol–water partition coefficient (Wildman–Crippen LogP) is 4.69. The molecule has 0 radical (unpaired) electrons. The third kappa shape index (κ3) is 3.48. The fourth-order valence-corrected chi connectivity index (χ4v) is 3.69. The number of amides is 1. The number of nitrogens with zero attached hydrogens (tertiary/aromatic N) is 1. The summed E-state index contributed by atoms with van der Waals surface area (Å²) in [5.41, 5.74) is 2.14. The zero-order valence-electron chi connectivity index (χ0n) is 14.0. The Balaban J connectivity index is 1.81. The van der Waals surface area contributed by atoms with E-state index in [1.54, 1.807) is 7.11 Å². The van der Waals surface area contributed by atoms with Crippen molar-refractivity contribution in [1.29, 1.82) is 0 Å². The highest BCUT2D eigenvalue weighted by Gasteiger charge is 2.39. The van der Waals surface area contributed by atoms with Crippen LogP contribution in [0.1, 0.15) is 18.9 Å². The molecule has 1 saturated heterocycles. The molecule has 0 spiro atoms. The van der Waals surface area contributed by atoms with Gasteiger partial charge in [-0.25, -0.2) is 0 Å². The van der Waals surface area contributed by atoms with Gasteiger partial charge in [0.1, 0.15) is 5.75 Å². The summed E-state index contributed by atoms with van der Waals surface area (Å²) < 4.78 is 6.33. The molecule has 24 heavy (non-hydrogen) atoms. The number of ether oxygens (including phenoxy) is 1. The van der Waals surface area contributed by atoms with E-state index < -0.39 is 0 Å². The van der Waals surface area contributed by atoms with Crippen molar-refractivity contribution < 1.29 is 9.53 Å². The van der Waals surface area contributed by atoms with E-state index in [0.717, 1.165) is 40.9 Å². The molecule has 0 N–H and O–H groups in total. The normalized spacial score (nSPS) is 20.5. The first-order valence-corrected chi connectivity index (χ1v) is 9.11. The molecule has 1 heterocycles. The lowest BCUT2D eigenvalue weighted by Gasteiger charge is -2.17. The predicted molar refractivity (Wildman–Crippen MR) is 100 cm³/mol. The number of methoxy groups -OCH3 is 1. The number of hydrogen-bond acceptors (Lipinski definition) is 2. The van der Waals surface area contributed by atoms with Gasteiger partial charge in [0.2, 0.25) is 5.91 Å². The van der Waals surface area contributed by atoms with E-state index in [2.05, 4.69) is 28.9 Å². The number of anilines is 1. The van der Waals surface area contributed by atoms with Crippen molar-refractivity contribution in [1.82, 2.24) is 0 Å². The molecule has 1 aliphatic rings. The van der Waals surface area contributed by atoms with Gasteiger partial charge in [-0.05, 0) is 54.3 Å². The van der Waals surface area contributed by atoms with E-state index in [1.165, 1.54) is 0 Å². The van der Waals surface area contributed by atoms with Gasteiger partial charge in [-0.1, -0.05) is 41.4 Å². The second kappa shape index (κ2) is 7.39. The number of carbonyl (C=O) groups is 1. The minimum absolute atomic E-state index is 0.0331. The smallest absolute Gasteiger partial charge is 0.230 e. The summed E-state index contributed by atoms with van der Waals surface area (Å²) in [4.78, 5) is 14.9. The van der Waals surface area contributed by atoms with Crippen molar-refractivity contribution >= 4 is 27.5 Å². The molecule has 0 aromatic heterocycles. The van der Waals surface area contributed by atoms with Gasteiger partial charge in [-0.2, -0.15) is 0 Å². The molecule has 126 valence electrons. The SMILES string of the molecule is CCC1CN(c2ccc(Br)cc2)C(=O)C1Cc1cccc(OC)c1. The maximum atomic E-state index is 13.0. The second-order valence-corrected chi connectivity index (χ2v) is 7.17. The molecule has 2 aromatic rings. The van der Waals surface area contributed by atoms with Crippen LogP contribution < -0.4 is 9.64 Å². The molecule has 0 bridgehead atoms. The maximum absolute atomic E-state index is 13.0. The van der Waals surface area contributed by atoms with Gasteiger partial charge in [0.05, 0.1) is 7.11 Å². The quantitative estimate of drug-likeness (QED) is 0.744. The van der Waals surface area contributed by atoms with Gasteiger partial charge in [0, 0.05) is 22.6 Å². The van der Waals surface area contributed by atoms with Gasteiger partial charge >= 0.3 is 0 Å². The summed E-state index contributed by atoms with van der Waals surface area (Å²) in [7, 11) is 1.67. The Bertz CT molecular complexity index is 714. The Morgan fingerprint density at radius 2 is 1.96 bits per heavy atom. The number of hydrogen-bond donors (Lipinski definition) is 0. The molecule has 0 aliphatic carbocycles. The fourth-order valence-electron chi connectivity index (χ4n) is 3.43. The van der Waals surface area contributed by atoms with E-state index in [1.807, 2.05) is 47.4 Å². The monoisotopic (exact) mass is 387 g/mol. The Hall–Kier alpha value is -1.81. The van der Waals surface area contributed by atoms with Gasteiger partial charge in [0.15, 0.2) is 0 Å². The van der Waals surface area contributed by atoms with Crippen molar-refractivity contribution in [3.05, 3.63) is 58.6 Å². The molecule has 1 amide bonds. The molecular formula is C20H22BrNO2. The average molecular weight is 388 g/mol. The molecule has 0 saturated carbocycles. The second-order valence-electron chi connectivity index (χ2n) is 6.26. The number of carbonyl (C=O) groups excluding carboxylic acids is 1. The van der Waals surface area contributed by atoms with Gasteiger partial charge in [0.25, 0.3) is 0 Å². The van der Waals surface area contributed by atoms with Crippen LogP contribution in [0.3, 0.4) is 0 Å². The third-order valence-corrected chi connectivity index (χ3v) is 5.35. The summed E-state index contributed by atoms with van der Waals surface area (Å²) in [5, 5.41) is 0. The van der Waals surface area contributed by atoms with E-state index in [-0.39, 0.29) is 11.8 Å². The van der Waals surface area contributed by atoms with Crippen molar-refractivity contribution in [2.24, 2.45) is 11.8 Å². The Morgan fingerprint density at radius 3 is 2.62 bits per heavy atom. The van der Waals surface area contributed by atoms with E-state index >= 15 is 0 Å². The maximum Gasteiger partial charge on any atom is 0.230 e. The molecule has 2 unspecified atom stereocenters. The lowest BCUT2D eigenvalue weighted by atomic mass is 9.87. The molecule has 1 fully saturated rings. The lowest BCUT2D eigenvalue weighted by molar-refractivity contribution is -0.121. The highest BCUT2D eigenvalue weighted by molar-refractivity contribution is 9.10. The van der Waals surface area contributed by atoms with Crippen LogP contribution in [0.5, 0.6) is 5.75 Å². The van der Waals surface area contributed by atoms with Crippen LogP contribution in [0.25, 0.3) is 0 Å². The topological polar surface area (TPSA) is 29.5 Å². The van der Waals surface area contributed by atoms with Crippen molar-refractivity contribution in [2.45, 2.75) is 19.8 Å². The Labute approximate surface area is 151 Å². The molecule has 3 rings (SSSR count). The molecular weight excluding hydrogens is 366 g/mol. The van der Waals surface area contributed by atoms with Crippen molar-refractivity contribution in [3.63, 3.8) is 0 Å². The van der Waals surface area contributed by atoms with E-state index in [9.17, 15) is 4.79 Å². The first kappa shape index (κ1) is 17.0. The fraction of sp³-hybridized carbons (Fsp3) is 0.350. The molecule has 4 heteroatoms. The highest BCUT2D eigenvalue weighted by Crippen LogP contribution is 2.34. The van der Waals surface area contributed by atoms with Gasteiger partial charge < -0.3 is 9.64 Å². The van der Waals surface area contributed by atoms with Crippen molar-refractivity contribution in [2.75, 3.05) is 18.6 Å². The Morgan fingerprint density at radius 1 is 1.21 bits per heavy atom. The number of rotatable bonds is 5. The van der Waals surface area contributed by atoms with Crippen LogP contribution in [0.2, 0.25) is 0 Å². The first-order valence-electron chi connectivity index (χ1n) is 8.32. The minimum atomic E-state index is 0.0331. The highest BCUT2D eigenvalue weighted by atomic mass is 79.9. The van der Waals surface area contributed by atoms with Gasteiger partial charge in [-0.15, -0.1) is 0 Å². The van der Waals surface area contributed by atoms with Crippen LogP contribution >= 0.6 is 15.9 Å². The van der Waals surface area contributed by atoms with Crippen LogP contribution in [0.4, 0.5) is 5.69 Å². The summed E-state index contributed by atoms with van der Waals surface area (Å²) >= 11 is 3.45. The van der Waals surface area contributed by atoms with Crippen LogP contribution in [-0.2, 0) is 11.2 Å². The van der Waals surface area contributed by atoms with E-state index in [0.29, 0.717) is 5.92 Å². The molecule has 2 aromatic carbocycles. The molecule has 1 aliphatic heterocycles. The number of benzene rings is 2. The Kier molecular flexibility index (Phi) is 5.24. The van der Waals surface area contributed by atoms with Crippen LogP contribution in [-0.4, -0.2) is 19.6 Å². The van der Waals surface area contributed by atoms with Crippen LogP contribution in [0.15, 0.2) is 53.0 Å². The minimum Gasteiger partial charge on any atom is -0.497 e. The van der Waals surface area contributed by atoms with Gasteiger partial charge in [-0.3, -0.25) is 4.79 Å². The molecule has 3 nitrogen and oxygen atoms in total. The third-order valence-electron chi connectivity index (χ3n) is 4.82. The number of halogens is 1.